The fourth-order valence-electron chi connectivity index (χ4n) is 3.14. The molecule has 0 radical (unpaired) electrons. The van der Waals surface area contributed by atoms with Gasteiger partial charge in [0.15, 0.2) is 0 Å². The topological polar surface area (TPSA) is 67.9 Å². The number of hydrogen-bond acceptors (Lipinski definition) is 4. The highest BCUT2D eigenvalue weighted by Gasteiger charge is 2.34. The third-order valence-electron chi connectivity index (χ3n) is 4.85. The van der Waals surface area contributed by atoms with E-state index in [-0.39, 0.29) is 12.6 Å². The standard InChI is InChI=1S/C22H24N2O4/c1-15-19(21(25)28-14-13-27-3)20(23-22(26)24(15)2)18-11-9-17(10-12-18)16-7-5-4-6-8-16/h4-12,20H,13-14H2,1-3H3,(H,23,26)/t20-/m0/s1. The van der Waals surface area contributed by atoms with Crippen LogP contribution < -0.4 is 5.32 Å². The van der Waals surface area contributed by atoms with Crippen molar-refractivity contribution in [3.05, 3.63) is 71.4 Å². The molecule has 6 nitrogen and oxygen atoms in total. The minimum absolute atomic E-state index is 0.156. The van der Waals surface area contributed by atoms with Crippen LogP contribution in [0.3, 0.4) is 0 Å². The zero-order valence-electron chi connectivity index (χ0n) is 16.3. The van der Waals surface area contributed by atoms with Gasteiger partial charge in [0.1, 0.15) is 6.61 Å². The van der Waals surface area contributed by atoms with Crippen LogP contribution in [0.1, 0.15) is 18.5 Å². The summed E-state index contributed by atoms with van der Waals surface area (Å²) >= 11 is 0. The second-order valence-electron chi connectivity index (χ2n) is 6.56. The van der Waals surface area contributed by atoms with Gasteiger partial charge in [-0.15, -0.1) is 0 Å². The third-order valence-corrected chi connectivity index (χ3v) is 4.85. The Balaban J connectivity index is 1.91. The zero-order valence-corrected chi connectivity index (χ0v) is 16.3. The van der Waals surface area contributed by atoms with Crippen molar-refractivity contribution in [1.82, 2.24) is 10.2 Å². The molecule has 0 saturated heterocycles. The lowest BCUT2D eigenvalue weighted by Crippen LogP contribution is -2.46. The van der Waals surface area contributed by atoms with Gasteiger partial charge < -0.3 is 19.7 Å². The van der Waals surface area contributed by atoms with Crippen molar-refractivity contribution < 1.29 is 19.1 Å². The lowest BCUT2D eigenvalue weighted by Gasteiger charge is -2.33. The molecule has 0 aromatic heterocycles. The Morgan fingerprint density at radius 2 is 1.68 bits per heavy atom. The van der Waals surface area contributed by atoms with Crippen LogP contribution in [0, 0.1) is 0 Å². The fraction of sp³-hybridized carbons (Fsp3) is 0.273. The lowest BCUT2D eigenvalue weighted by atomic mass is 9.93. The summed E-state index contributed by atoms with van der Waals surface area (Å²) in [5.74, 6) is -0.460. The molecular weight excluding hydrogens is 356 g/mol. The molecule has 0 bridgehead atoms. The highest BCUT2D eigenvalue weighted by atomic mass is 16.6. The Morgan fingerprint density at radius 1 is 1.04 bits per heavy atom. The number of rotatable bonds is 6. The summed E-state index contributed by atoms with van der Waals surface area (Å²) in [6, 6.07) is 17.0. The molecule has 2 amide bonds. The summed E-state index contributed by atoms with van der Waals surface area (Å²) in [5.41, 5.74) is 3.98. The molecule has 0 fully saturated rings. The first kappa shape index (κ1) is 19.6. The molecule has 1 N–H and O–H groups in total. The van der Waals surface area contributed by atoms with E-state index in [0.717, 1.165) is 16.7 Å². The molecule has 1 atom stereocenters. The fourth-order valence-corrected chi connectivity index (χ4v) is 3.14. The van der Waals surface area contributed by atoms with Crippen LogP contribution in [0.4, 0.5) is 4.79 Å². The van der Waals surface area contributed by atoms with Crippen molar-refractivity contribution >= 4 is 12.0 Å². The number of urea groups is 1. The number of amides is 2. The quantitative estimate of drug-likeness (QED) is 0.615. The van der Waals surface area contributed by atoms with E-state index in [9.17, 15) is 9.59 Å². The van der Waals surface area contributed by atoms with Crippen molar-refractivity contribution in [2.24, 2.45) is 0 Å². The first-order valence-electron chi connectivity index (χ1n) is 9.09. The number of benzene rings is 2. The van der Waals surface area contributed by atoms with Crippen molar-refractivity contribution in [3.63, 3.8) is 0 Å². The van der Waals surface area contributed by atoms with Crippen LogP contribution in [0.2, 0.25) is 0 Å². The maximum Gasteiger partial charge on any atom is 0.338 e. The van der Waals surface area contributed by atoms with E-state index >= 15 is 0 Å². The molecule has 6 heteroatoms. The molecule has 1 aliphatic rings. The normalized spacial score (nSPS) is 16.8. The maximum absolute atomic E-state index is 12.7. The van der Waals surface area contributed by atoms with Crippen molar-refractivity contribution in [2.45, 2.75) is 13.0 Å². The number of hydrogen-bond donors (Lipinski definition) is 1. The molecule has 2 aromatic carbocycles. The van der Waals surface area contributed by atoms with E-state index in [1.807, 2.05) is 54.6 Å². The molecule has 146 valence electrons. The van der Waals surface area contributed by atoms with E-state index in [4.69, 9.17) is 9.47 Å². The van der Waals surface area contributed by atoms with E-state index in [1.54, 1.807) is 21.1 Å². The lowest BCUT2D eigenvalue weighted by molar-refractivity contribution is -0.140. The highest BCUT2D eigenvalue weighted by molar-refractivity contribution is 5.95. The number of ether oxygens (including phenoxy) is 2. The summed E-state index contributed by atoms with van der Waals surface area (Å²) in [6.45, 7) is 2.22. The van der Waals surface area contributed by atoms with E-state index < -0.39 is 12.0 Å². The van der Waals surface area contributed by atoms with Gasteiger partial charge in [0.2, 0.25) is 0 Å². The molecule has 0 saturated carbocycles. The molecule has 0 unspecified atom stereocenters. The van der Waals surface area contributed by atoms with Crippen LogP contribution >= 0.6 is 0 Å². The first-order chi connectivity index (χ1) is 13.5. The smallest absolute Gasteiger partial charge is 0.338 e. The van der Waals surface area contributed by atoms with Gasteiger partial charge in [-0.2, -0.15) is 0 Å². The molecule has 28 heavy (non-hydrogen) atoms. The van der Waals surface area contributed by atoms with Gasteiger partial charge in [-0.3, -0.25) is 0 Å². The third kappa shape index (κ3) is 4.07. The van der Waals surface area contributed by atoms with Gasteiger partial charge >= 0.3 is 12.0 Å². The van der Waals surface area contributed by atoms with Gasteiger partial charge in [-0.25, -0.2) is 9.59 Å². The predicted molar refractivity (Wildman–Crippen MR) is 106 cm³/mol. The molecular formula is C22H24N2O4. The summed E-state index contributed by atoms with van der Waals surface area (Å²) in [7, 11) is 3.17. The monoisotopic (exact) mass is 380 g/mol. The number of methoxy groups -OCH3 is 1. The number of nitrogens with zero attached hydrogens (tertiary/aromatic N) is 1. The van der Waals surface area contributed by atoms with Crippen LogP contribution in [-0.4, -0.2) is 44.3 Å². The van der Waals surface area contributed by atoms with Crippen molar-refractivity contribution in [1.29, 1.82) is 0 Å². The van der Waals surface area contributed by atoms with Gasteiger partial charge in [0.05, 0.1) is 18.2 Å². The number of nitrogens with one attached hydrogen (secondary N) is 1. The number of allylic oxidation sites excluding steroid dienone is 1. The molecule has 2 aromatic rings. The first-order valence-corrected chi connectivity index (χ1v) is 9.09. The van der Waals surface area contributed by atoms with Crippen LogP contribution in [0.25, 0.3) is 11.1 Å². The van der Waals surface area contributed by atoms with Crippen LogP contribution in [0.15, 0.2) is 65.9 Å². The number of esters is 1. The maximum atomic E-state index is 12.7. The Bertz CT molecular complexity index is 875. The Labute approximate surface area is 164 Å². The highest BCUT2D eigenvalue weighted by Crippen LogP contribution is 2.31. The van der Waals surface area contributed by atoms with Crippen LogP contribution in [-0.2, 0) is 14.3 Å². The Kier molecular flexibility index (Phi) is 6.11. The molecule has 1 aliphatic heterocycles. The van der Waals surface area contributed by atoms with Gasteiger partial charge in [-0.1, -0.05) is 54.6 Å². The molecule has 0 spiro atoms. The van der Waals surface area contributed by atoms with E-state index in [2.05, 4.69) is 5.32 Å². The molecule has 1 heterocycles. The van der Waals surface area contributed by atoms with E-state index in [1.165, 1.54) is 4.90 Å². The van der Waals surface area contributed by atoms with Crippen LogP contribution in [0.5, 0.6) is 0 Å². The zero-order chi connectivity index (χ0) is 20.1. The van der Waals surface area contributed by atoms with Crippen molar-refractivity contribution in [2.75, 3.05) is 27.4 Å². The predicted octanol–water partition coefficient (Wildman–Crippen LogP) is 3.51. The largest absolute Gasteiger partial charge is 0.460 e. The number of carbonyl (C=O) groups excluding carboxylic acids is 2. The number of carbonyl (C=O) groups is 2. The summed E-state index contributed by atoms with van der Waals surface area (Å²) in [6.07, 6.45) is 0. The van der Waals surface area contributed by atoms with Gasteiger partial charge in [0.25, 0.3) is 0 Å². The second-order valence-corrected chi connectivity index (χ2v) is 6.56. The summed E-state index contributed by atoms with van der Waals surface area (Å²) < 4.78 is 10.3. The summed E-state index contributed by atoms with van der Waals surface area (Å²) in [5, 5.41) is 2.89. The minimum Gasteiger partial charge on any atom is -0.460 e. The average Bonchev–Trinajstić information content (AvgIpc) is 2.72. The molecule has 3 rings (SSSR count). The summed E-state index contributed by atoms with van der Waals surface area (Å²) in [4.78, 5) is 26.4. The Hall–Kier alpha value is -3.12. The van der Waals surface area contributed by atoms with E-state index in [0.29, 0.717) is 17.9 Å². The Morgan fingerprint density at radius 3 is 2.32 bits per heavy atom. The molecule has 0 aliphatic carbocycles. The average molecular weight is 380 g/mol. The van der Waals surface area contributed by atoms with Crippen molar-refractivity contribution in [3.8, 4) is 11.1 Å². The van der Waals surface area contributed by atoms with Gasteiger partial charge in [0, 0.05) is 19.9 Å². The van der Waals surface area contributed by atoms with Gasteiger partial charge in [-0.05, 0) is 23.6 Å². The second kappa shape index (κ2) is 8.71. The minimum atomic E-state index is -0.566. The SMILES string of the molecule is COCCOC(=O)C1=C(C)N(C)C(=O)N[C@H]1c1ccc(-c2ccccc2)cc1.